The van der Waals surface area contributed by atoms with Crippen molar-refractivity contribution in [3.05, 3.63) is 28.5 Å². The van der Waals surface area contributed by atoms with Crippen LogP contribution >= 0.6 is 11.6 Å². The van der Waals surface area contributed by atoms with Gasteiger partial charge < -0.3 is 0 Å². The third-order valence-electron chi connectivity index (χ3n) is 1.50. The van der Waals surface area contributed by atoms with Crippen molar-refractivity contribution in [2.75, 3.05) is 0 Å². The second kappa shape index (κ2) is 3.79. The van der Waals surface area contributed by atoms with E-state index in [0.717, 1.165) is 6.20 Å². The number of pyridine rings is 1. The van der Waals surface area contributed by atoms with Crippen LogP contribution in [0.2, 0.25) is 5.15 Å². The number of halogens is 3. The van der Waals surface area contributed by atoms with Crippen molar-refractivity contribution < 1.29 is 13.6 Å². The Balaban J connectivity index is 3.04. The molecule has 0 atom stereocenters. The molecule has 0 unspecified atom stereocenters. The first-order valence-corrected chi connectivity index (χ1v) is 3.84. The topological polar surface area (TPSA) is 30.0 Å². The second-order valence-corrected chi connectivity index (χ2v) is 2.85. The van der Waals surface area contributed by atoms with Gasteiger partial charge in [0.1, 0.15) is 5.15 Å². The van der Waals surface area contributed by atoms with Crippen LogP contribution in [-0.2, 0) is 0 Å². The number of alkyl halides is 2. The van der Waals surface area contributed by atoms with Crippen molar-refractivity contribution in [2.45, 2.75) is 13.3 Å². The van der Waals surface area contributed by atoms with Gasteiger partial charge in [-0.15, -0.1) is 0 Å². The monoisotopic (exact) mass is 205 g/mol. The molecule has 0 radical (unpaired) electrons. The molecular formula is C8H6ClF2NO. The highest BCUT2D eigenvalue weighted by atomic mass is 35.5. The molecule has 0 aromatic carbocycles. The van der Waals surface area contributed by atoms with E-state index in [1.807, 2.05) is 0 Å². The molecule has 1 rings (SSSR count). The van der Waals surface area contributed by atoms with Crippen molar-refractivity contribution in [2.24, 2.45) is 0 Å². The molecule has 1 aromatic heterocycles. The van der Waals surface area contributed by atoms with Crippen LogP contribution in [0.4, 0.5) is 8.78 Å². The van der Waals surface area contributed by atoms with E-state index in [9.17, 15) is 13.6 Å². The van der Waals surface area contributed by atoms with Gasteiger partial charge in [0.15, 0.2) is 0 Å². The highest BCUT2D eigenvalue weighted by Crippen LogP contribution is 2.14. The predicted octanol–water partition coefficient (Wildman–Crippen LogP) is 2.49. The van der Waals surface area contributed by atoms with Crippen molar-refractivity contribution in [3.63, 3.8) is 0 Å². The average molecular weight is 206 g/mol. The summed E-state index contributed by atoms with van der Waals surface area (Å²) in [5, 5.41) is 0.214. The number of aromatic nitrogens is 1. The minimum atomic E-state index is -3.00. The lowest BCUT2D eigenvalue weighted by Gasteiger charge is -2.01. The van der Waals surface area contributed by atoms with Crippen LogP contribution in [0.15, 0.2) is 12.3 Å². The van der Waals surface area contributed by atoms with E-state index in [4.69, 9.17) is 11.6 Å². The summed E-state index contributed by atoms with van der Waals surface area (Å²) in [6, 6.07) is 1.30. The summed E-state index contributed by atoms with van der Waals surface area (Å²) in [6.45, 7) is 1.59. The second-order valence-electron chi connectivity index (χ2n) is 2.50. The molecule has 5 heteroatoms. The van der Waals surface area contributed by atoms with Crippen LogP contribution in [0, 0.1) is 6.92 Å². The van der Waals surface area contributed by atoms with Gasteiger partial charge in [-0.05, 0) is 18.6 Å². The molecule has 0 fully saturated rings. The van der Waals surface area contributed by atoms with Crippen LogP contribution in [0.3, 0.4) is 0 Å². The summed E-state index contributed by atoms with van der Waals surface area (Å²) in [4.78, 5) is 14.4. The lowest BCUT2D eigenvalue weighted by atomic mass is 10.1. The standard InChI is InChI=1S/C8H6ClF2NO/c1-4-2-5(3-12-7(4)9)6(13)8(10)11/h2-3,8H,1H3. The fourth-order valence-corrected chi connectivity index (χ4v) is 0.922. The molecule has 0 aliphatic rings. The summed E-state index contributed by atoms with van der Waals surface area (Å²) in [5.74, 6) is -1.23. The Labute approximate surface area is 78.5 Å². The van der Waals surface area contributed by atoms with Gasteiger partial charge in [0.25, 0.3) is 0 Å². The summed E-state index contributed by atoms with van der Waals surface area (Å²) in [5.41, 5.74) is 0.394. The Hall–Kier alpha value is -1.03. The first-order chi connectivity index (χ1) is 6.02. The lowest BCUT2D eigenvalue weighted by molar-refractivity contribution is 0.0678. The van der Waals surface area contributed by atoms with Gasteiger partial charge >= 0.3 is 6.43 Å². The lowest BCUT2D eigenvalue weighted by Crippen LogP contribution is -2.10. The number of nitrogens with zero attached hydrogens (tertiary/aromatic N) is 1. The van der Waals surface area contributed by atoms with E-state index in [-0.39, 0.29) is 10.7 Å². The quantitative estimate of drug-likeness (QED) is 0.549. The summed E-state index contributed by atoms with van der Waals surface area (Å²) in [6.07, 6.45) is -1.95. The zero-order valence-corrected chi connectivity index (χ0v) is 7.48. The van der Waals surface area contributed by atoms with E-state index in [0.29, 0.717) is 5.56 Å². The molecule has 0 spiro atoms. The highest BCUT2D eigenvalue weighted by Gasteiger charge is 2.18. The summed E-state index contributed by atoms with van der Waals surface area (Å²) < 4.78 is 23.9. The van der Waals surface area contributed by atoms with Gasteiger partial charge in [-0.3, -0.25) is 4.79 Å². The van der Waals surface area contributed by atoms with Gasteiger partial charge in [-0.25, -0.2) is 13.8 Å². The Morgan fingerprint density at radius 2 is 2.23 bits per heavy atom. The van der Waals surface area contributed by atoms with Gasteiger partial charge in [-0.1, -0.05) is 11.6 Å². The molecule has 0 aliphatic heterocycles. The minimum Gasteiger partial charge on any atom is -0.288 e. The Morgan fingerprint density at radius 3 is 2.69 bits per heavy atom. The third-order valence-corrected chi connectivity index (χ3v) is 1.89. The molecule has 0 N–H and O–H groups in total. The number of carbonyl (C=O) groups is 1. The van der Waals surface area contributed by atoms with Crippen LogP contribution in [0.5, 0.6) is 0 Å². The Bertz CT molecular complexity index is 341. The maximum Gasteiger partial charge on any atom is 0.300 e. The Morgan fingerprint density at radius 1 is 1.62 bits per heavy atom. The normalized spacial score (nSPS) is 10.5. The number of hydrogen-bond donors (Lipinski definition) is 0. The largest absolute Gasteiger partial charge is 0.300 e. The molecule has 2 nitrogen and oxygen atoms in total. The van der Waals surface area contributed by atoms with Crippen LogP contribution in [-0.4, -0.2) is 17.2 Å². The smallest absolute Gasteiger partial charge is 0.288 e. The van der Waals surface area contributed by atoms with Gasteiger partial charge in [-0.2, -0.15) is 0 Å². The highest BCUT2D eigenvalue weighted by molar-refractivity contribution is 6.30. The Kier molecular flexibility index (Phi) is 2.93. The molecular weight excluding hydrogens is 200 g/mol. The van der Waals surface area contributed by atoms with E-state index in [1.54, 1.807) is 6.92 Å². The fourth-order valence-electron chi connectivity index (χ4n) is 0.819. The fraction of sp³-hybridized carbons (Fsp3) is 0.250. The van der Waals surface area contributed by atoms with Crippen molar-refractivity contribution >= 4 is 17.4 Å². The van der Waals surface area contributed by atoms with Crippen LogP contribution in [0.25, 0.3) is 0 Å². The maximum atomic E-state index is 11.9. The molecule has 0 bridgehead atoms. The third kappa shape index (κ3) is 2.21. The predicted molar refractivity (Wildman–Crippen MR) is 44.3 cm³/mol. The summed E-state index contributed by atoms with van der Waals surface area (Å²) >= 11 is 5.56. The first kappa shape index (κ1) is 10.1. The number of Topliss-reactive ketones (excluding diaryl/α,β-unsaturated/α-hetero) is 1. The van der Waals surface area contributed by atoms with Gasteiger partial charge in [0.2, 0.25) is 5.78 Å². The maximum absolute atomic E-state index is 11.9. The van der Waals surface area contributed by atoms with Crippen molar-refractivity contribution in [1.29, 1.82) is 0 Å². The number of aryl methyl sites for hydroxylation is 1. The van der Waals surface area contributed by atoms with Crippen molar-refractivity contribution in [1.82, 2.24) is 4.98 Å². The minimum absolute atomic E-state index is 0.114. The van der Waals surface area contributed by atoms with Crippen molar-refractivity contribution in [3.8, 4) is 0 Å². The number of ketones is 1. The molecule has 0 saturated carbocycles. The van der Waals surface area contributed by atoms with E-state index in [1.165, 1.54) is 6.07 Å². The molecule has 1 aromatic rings. The van der Waals surface area contributed by atoms with E-state index < -0.39 is 12.2 Å². The SMILES string of the molecule is Cc1cc(C(=O)C(F)F)cnc1Cl. The van der Waals surface area contributed by atoms with E-state index in [2.05, 4.69) is 4.98 Å². The zero-order valence-electron chi connectivity index (χ0n) is 6.72. The van der Waals surface area contributed by atoms with Gasteiger partial charge in [0, 0.05) is 11.8 Å². The molecule has 13 heavy (non-hydrogen) atoms. The zero-order chi connectivity index (χ0) is 10.0. The molecule has 0 saturated heterocycles. The number of carbonyl (C=O) groups excluding carboxylic acids is 1. The molecule has 0 amide bonds. The number of hydrogen-bond acceptors (Lipinski definition) is 2. The summed E-state index contributed by atoms with van der Waals surface area (Å²) in [7, 11) is 0. The van der Waals surface area contributed by atoms with Gasteiger partial charge in [0.05, 0.1) is 0 Å². The average Bonchev–Trinajstić information content (AvgIpc) is 2.08. The number of rotatable bonds is 2. The molecule has 1 heterocycles. The first-order valence-electron chi connectivity index (χ1n) is 3.47. The molecule has 70 valence electrons. The van der Waals surface area contributed by atoms with Crippen LogP contribution < -0.4 is 0 Å². The molecule has 0 aliphatic carbocycles. The van der Waals surface area contributed by atoms with Crippen LogP contribution in [0.1, 0.15) is 15.9 Å². The van der Waals surface area contributed by atoms with E-state index >= 15 is 0 Å².